The number of pyridine rings is 1. The van der Waals surface area contributed by atoms with Crippen molar-refractivity contribution >= 4 is 16.7 Å². The van der Waals surface area contributed by atoms with Gasteiger partial charge in [-0.3, -0.25) is 9.78 Å². The summed E-state index contributed by atoms with van der Waals surface area (Å²) in [5, 5.41) is 5.59. The molecule has 4 nitrogen and oxygen atoms in total. The molecule has 1 aliphatic rings. The molecule has 3 rings (SSSR count). The highest BCUT2D eigenvalue weighted by atomic mass is 16.2. The Bertz CT molecular complexity index is 600. The van der Waals surface area contributed by atoms with E-state index in [1.54, 1.807) is 6.20 Å². The van der Waals surface area contributed by atoms with E-state index in [9.17, 15) is 4.79 Å². The summed E-state index contributed by atoms with van der Waals surface area (Å²) in [4.78, 5) is 18.0. The molecular formula is C16H19N3O. The summed E-state index contributed by atoms with van der Waals surface area (Å²) in [6.45, 7) is 2.96. The van der Waals surface area contributed by atoms with Crippen LogP contribution in [0, 0.1) is 0 Å². The van der Waals surface area contributed by atoms with Gasteiger partial charge in [-0.05, 0) is 29.9 Å². The van der Waals surface area contributed by atoms with Gasteiger partial charge in [0.1, 0.15) is 0 Å². The van der Waals surface area contributed by atoms with Crippen LogP contribution < -0.4 is 5.32 Å². The molecule has 0 radical (unpaired) electrons. The highest BCUT2D eigenvalue weighted by Gasteiger charge is 2.16. The molecule has 1 amide bonds. The molecule has 1 saturated heterocycles. The van der Waals surface area contributed by atoms with Crippen LogP contribution >= 0.6 is 0 Å². The zero-order valence-corrected chi connectivity index (χ0v) is 11.5. The smallest absolute Gasteiger partial charge is 0.236 e. The van der Waals surface area contributed by atoms with Crippen molar-refractivity contribution in [1.29, 1.82) is 0 Å². The average Bonchev–Trinajstić information content (AvgIpc) is 3.02. The molecule has 2 heterocycles. The molecule has 1 aliphatic heterocycles. The standard InChI is InChI=1S/C16H19N3O/c20-16(19-8-1-2-9-19)12-18-11-14-5-3-4-13-10-17-7-6-15(13)14/h3-7,10,18H,1-2,8-9,11-12H2. The molecule has 0 saturated carbocycles. The fraction of sp³-hybridized carbons (Fsp3) is 0.375. The Balaban J connectivity index is 1.61. The van der Waals surface area contributed by atoms with Gasteiger partial charge in [0.05, 0.1) is 6.54 Å². The van der Waals surface area contributed by atoms with Gasteiger partial charge in [-0.25, -0.2) is 0 Å². The number of rotatable bonds is 4. The van der Waals surface area contributed by atoms with E-state index in [0.29, 0.717) is 13.1 Å². The maximum Gasteiger partial charge on any atom is 0.236 e. The van der Waals surface area contributed by atoms with Crippen LogP contribution in [0.4, 0.5) is 0 Å². The molecule has 2 aromatic rings. The van der Waals surface area contributed by atoms with Gasteiger partial charge >= 0.3 is 0 Å². The van der Waals surface area contributed by atoms with Crippen LogP contribution in [0.1, 0.15) is 18.4 Å². The van der Waals surface area contributed by atoms with Crippen molar-refractivity contribution in [3.8, 4) is 0 Å². The van der Waals surface area contributed by atoms with Crippen LogP contribution in [0.25, 0.3) is 10.8 Å². The van der Waals surface area contributed by atoms with E-state index in [2.05, 4.69) is 22.4 Å². The normalized spacial score (nSPS) is 14.9. The van der Waals surface area contributed by atoms with Crippen molar-refractivity contribution in [1.82, 2.24) is 15.2 Å². The topological polar surface area (TPSA) is 45.2 Å². The Hall–Kier alpha value is -1.94. The Morgan fingerprint density at radius 3 is 2.95 bits per heavy atom. The molecule has 1 aromatic heterocycles. The molecule has 1 aromatic carbocycles. The van der Waals surface area contributed by atoms with E-state index in [-0.39, 0.29) is 5.91 Å². The molecule has 0 bridgehead atoms. The van der Waals surface area contributed by atoms with E-state index in [0.717, 1.165) is 31.3 Å². The molecule has 0 spiro atoms. The highest BCUT2D eigenvalue weighted by molar-refractivity contribution is 5.84. The molecule has 4 heteroatoms. The maximum atomic E-state index is 12.0. The highest BCUT2D eigenvalue weighted by Crippen LogP contribution is 2.17. The van der Waals surface area contributed by atoms with Crippen molar-refractivity contribution < 1.29 is 4.79 Å². The van der Waals surface area contributed by atoms with Crippen molar-refractivity contribution in [3.63, 3.8) is 0 Å². The second-order valence-electron chi connectivity index (χ2n) is 5.21. The summed E-state index contributed by atoms with van der Waals surface area (Å²) < 4.78 is 0. The summed E-state index contributed by atoms with van der Waals surface area (Å²) >= 11 is 0. The lowest BCUT2D eigenvalue weighted by atomic mass is 10.1. The van der Waals surface area contributed by atoms with Gasteiger partial charge in [-0.15, -0.1) is 0 Å². The van der Waals surface area contributed by atoms with E-state index in [1.165, 1.54) is 10.9 Å². The quantitative estimate of drug-likeness (QED) is 0.922. The van der Waals surface area contributed by atoms with Crippen LogP contribution in [0.15, 0.2) is 36.7 Å². The predicted octanol–water partition coefficient (Wildman–Crippen LogP) is 1.95. The van der Waals surface area contributed by atoms with E-state index < -0.39 is 0 Å². The zero-order chi connectivity index (χ0) is 13.8. The van der Waals surface area contributed by atoms with Crippen LogP contribution in [-0.4, -0.2) is 35.4 Å². The van der Waals surface area contributed by atoms with Gasteiger partial charge in [-0.1, -0.05) is 18.2 Å². The Labute approximate surface area is 118 Å². The Kier molecular flexibility index (Phi) is 3.92. The van der Waals surface area contributed by atoms with Crippen molar-refractivity contribution in [2.75, 3.05) is 19.6 Å². The van der Waals surface area contributed by atoms with Gasteiger partial charge in [0.15, 0.2) is 0 Å². The summed E-state index contributed by atoms with van der Waals surface area (Å²) in [5.74, 6) is 0.212. The minimum absolute atomic E-state index is 0.212. The number of amides is 1. The van der Waals surface area contributed by atoms with Crippen molar-refractivity contribution in [2.45, 2.75) is 19.4 Å². The van der Waals surface area contributed by atoms with Crippen LogP contribution in [-0.2, 0) is 11.3 Å². The summed E-state index contributed by atoms with van der Waals surface area (Å²) in [7, 11) is 0. The number of carbonyl (C=O) groups is 1. The monoisotopic (exact) mass is 269 g/mol. The zero-order valence-electron chi connectivity index (χ0n) is 11.5. The number of hydrogen-bond donors (Lipinski definition) is 1. The lowest BCUT2D eigenvalue weighted by molar-refractivity contribution is -0.129. The van der Waals surface area contributed by atoms with Crippen molar-refractivity contribution in [2.24, 2.45) is 0 Å². The lowest BCUT2D eigenvalue weighted by Crippen LogP contribution is -2.35. The van der Waals surface area contributed by atoms with Gasteiger partial charge in [0.2, 0.25) is 5.91 Å². The minimum atomic E-state index is 0.212. The first-order valence-electron chi connectivity index (χ1n) is 7.15. The van der Waals surface area contributed by atoms with Crippen LogP contribution in [0.2, 0.25) is 0 Å². The van der Waals surface area contributed by atoms with Gasteiger partial charge in [0.25, 0.3) is 0 Å². The van der Waals surface area contributed by atoms with Crippen LogP contribution in [0.3, 0.4) is 0 Å². The average molecular weight is 269 g/mol. The number of likely N-dealkylation sites (tertiary alicyclic amines) is 1. The largest absolute Gasteiger partial charge is 0.342 e. The lowest BCUT2D eigenvalue weighted by Gasteiger charge is -2.15. The molecular weight excluding hydrogens is 250 g/mol. The summed E-state index contributed by atoms with van der Waals surface area (Å²) in [6.07, 6.45) is 5.96. The molecule has 0 atom stereocenters. The molecule has 0 unspecified atom stereocenters. The molecule has 20 heavy (non-hydrogen) atoms. The number of benzene rings is 1. The van der Waals surface area contributed by atoms with Crippen molar-refractivity contribution in [3.05, 3.63) is 42.2 Å². The molecule has 0 aliphatic carbocycles. The van der Waals surface area contributed by atoms with Gasteiger partial charge < -0.3 is 10.2 Å². The fourth-order valence-corrected chi connectivity index (χ4v) is 2.73. The first-order valence-corrected chi connectivity index (χ1v) is 7.15. The molecule has 1 N–H and O–H groups in total. The first-order chi connectivity index (χ1) is 9.84. The Morgan fingerprint density at radius 1 is 1.25 bits per heavy atom. The minimum Gasteiger partial charge on any atom is -0.342 e. The third-order valence-corrected chi connectivity index (χ3v) is 3.82. The first kappa shape index (κ1) is 13.1. The maximum absolute atomic E-state index is 12.0. The van der Waals surface area contributed by atoms with Gasteiger partial charge in [0, 0.05) is 37.4 Å². The second kappa shape index (κ2) is 6.01. The number of fused-ring (bicyclic) bond motifs is 1. The number of nitrogens with zero attached hydrogens (tertiary/aromatic N) is 2. The van der Waals surface area contributed by atoms with Gasteiger partial charge in [-0.2, -0.15) is 0 Å². The second-order valence-corrected chi connectivity index (χ2v) is 5.21. The number of nitrogens with one attached hydrogen (secondary N) is 1. The molecule has 1 fully saturated rings. The number of hydrogen-bond acceptors (Lipinski definition) is 3. The van der Waals surface area contributed by atoms with E-state index in [4.69, 9.17) is 0 Å². The fourth-order valence-electron chi connectivity index (χ4n) is 2.73. The number of carbonyl (C=O) groups excluding carboxylic acids is 1. The number of aromatic nitrogens is 1. The van der Waals surface area contributed by atoms with Crippen LogP contribution in [0.5, 0.6) is 0 Å². The Morgan fingerprint density at radius 2 is 2.10 bits per heavy atom. The predicted molar refractivity (Wildman–Crippen MR) is 79.3 cm³/mol. The molecule has 104 valence electrons. The third kappa shape index (κ3) is 2.80. The van der Waals surface area contributed by atoms with E-state index >= 15 is 0 Å². The summed E-state index contributed by atoms with van der Waals surface area (Å²) in [5.41, 5.74) is 1.21. The summed E-state index contributed by atoms with van der Waals surface area (Å²) in [6, 6.07) is 8.20. The van der Waals surface area contributed by atoms with E-state index in [1.807, 2.05) is 23.2 Å². The third-order valence-electron chi connectivity index (χ3n) is 3.82. The SMILES string of the molecule is O=C(CNCc1cccc2cnccc12)N1CCCC1.